The highest BCUT2D eigenvalue weighted by molar-refractivity contribution is 6.87. The van der Waals surface area contributed by atoms with E-state index in [-0.39, 0.29) is 0 Å². The van der Waals surface area contributed by atoms with Gasteiger partial charge in [-0.2, -0.15) is 0 Å². The quantitative estimate of drug-likeness (QED) is 0.240. The molecule has 0 amide bonds. The summed E-state index contributed by atoms with van der Waals surface area (Å²) in [6.45, 7) is 18.6. The van der Waals surface area contributed by atoms with Crippen molar-refractivity contribution in [3.8, 4) is 0 Å². The van der Waals surface area contributed by atoms with Crippen LogP contribution in [0.1, 0.15) is 26.2 Å². The van der Waals surface area contributed by atoms with Crippen LogP contribution in [-0.2, 0) is 17.7 Å². The van der Waals surface area contributed by atoms with E-state index in [1.54, 1.807) is 0 Å². The fourth-order valence-electron chi connectivity index (χ4n) is 3.39. The van der Waals surface area contributed by atoms with Crippen molar-refractivity contribution in [2.24, 2.45) is 0 Å². The number of likely N-dealkylation sites (N-methyl/N-ethyl adjacent to an activating group) is 1. The van der Waals surface area contributed by atoms with Crippen LogP contribution >= 0.6 is 0 Å². The van der Waals surface area contributed by atoms with Gasteiger partial charge in [0.15, 0.2) is 16.6 Å². The molecule has 1 N–H and O–H groups in total. The molecular weight excluding hydrogens is 418 g/mol. The fourth-order valence-corrected chi connectivity index (χ4v) is 17.6. The van der Waals surface area contributed by atoms with Crippen LogP contribution in [0.4, 0.5) is 0 Å². The lowest BCUT2D eigenvalue weighted by molar-refractivity contribution is -0.0207. The van der Waals surface area contributed by atoms with Crippen LogP contribution < -0.4 is 0 Å². The number of aliphatic hydroxyl groups excluding tert-OH is 1. The molecule has 0 aliphatic rings. The minimum atomic E-state index is -2.11. The van der Waals surface area contributed by atoms with Crippen molar-refractivity contribution in [2.45, 2.75) is 83.7 Å². The first kappa shape index (κ1) is 29.4. The molecule has 0 radical (unpaired) electrons. The molecule has 1 unspecified atom stereocenters. The molecule has 0 bridgehead atoms. The zero-order valence-corrected chi connectivity index (χ0v) is 23.7. The van der Waals surface area contributed by atoms with Crippen LogP contribution in [0.25, 0.3) is 0 Å². The average Bonchev–Trinajstić information content (AvgIpc) is 2.54. The first-order valence-corrected chi connectivity index (χ1v) is 20.2. The summed E-state index contributed by atoms with van der Waals surface area (Å²) < 4.78 is 24.3. The molecule has 29 heavy (non-hydrogen) atoms. The van der Waals surface area contributed by atoms with Crippen molar-refractivity contribution >= 4 is 25.2 Å². The maximum atomic E-state index is 9.91. The molecule has 176 valence electrons. The first-order chi connectivity index (χ1) is 13.3. The van der Waals surface area contributed by atoms with Crippen molar-refractivity contribution < 1.29 is 22.8 Å². The van der Waals surface area contributed by atoms with E-state index in [4.69, 9.17) is 17.7 Å². The lowest BCUT2D eigenvalue weighted by atomic mass is 10.4. The van der Waals surface area contributed by atoms with Gasteiger partial charge in [0.05, 0.1) is 19.8 Å². The molecule has 6 nitrogen and oxygen atoms in total. The SMILES string of the molecule is CCCC[Si](C)(C)O[Si](C)(C)O[Si](C)(C)CCCOCC(O)COCCN(C)C. The highest BCUT2D eigenvalue weighted by atomic mass is 28.5. The Balaban J connectivity index is 4.07. The molecule has 0 aliphatic heterocycles. The summed E-state index contributed by atoms with van der Waals surface area (Å²) >= 11 is 0. The molecular formula is C20H49NO5Si3. The fraction of sp³-hybridized carbons (Fsp3) is 1.00. The van der Waals surface area contributed by atoms with E-state index in [1.165, 1.54) is 18.9 Å². The Morgan fingerprint density at radius 3 is 1.76 bits per heavy atom. The molecule has 0 heterocycles. The Morgan fingerprint density at radius 1 is 0.793 bits per heavy atom. The van der Waals surface area contributed by atoms with Crippen molar-refractivity contribution in [3.05, 3.63) is 0 Å². The van der Waals surface area contributed by atoms with E-state index in [2.05, 4.69) is 51.1 Å². The summed E-state index contributed by atoms with van der Waals surface area (Å²) in [5.74, 6) is 0. The number of unbranched alkanes of at least 4 members (excludes halogenated alkanes) is 1. The summed E-state index contributed by atoms with van der Waals surface area (Å²) in [7, 11) is -1.55. The highest BCUT2D eigenvalue weighted by Crippen LogP contribution is 2.26. The van der Waals surface area contributed by atoms with E-state index in [0.717, 1.165) is 19.0 Å². The molecule has 0 fully saturated rings. The van der Waals surface area contributed by atoms with Gasteiger partial charge in [0.1, 0.15) is 6.10 Å². The summed E-state index contributed by atoms with van der Waals surface area (Å²) in [4.78, 5) is 2.06. The third kappa shape index (κ3) is 17.8. The summed E-state index contributed by atoms with van der Waals surface area (Å²) in [5.41, 5.74) is 0. The Kier molecular flexibility index (Phi) is 14.7. The maximum absolute atomic E-state index is 9.91. The maximum Gasteiger partial charge on any atom is 0.311 e. The van der Waals surface area contributed by atoms with Crippen molar-refractivity contribution in [2.75, 3.05) is 47.1 Å². The van der Waals surface area contributed by atoms with Crippen molar-refractivity contribution in [1.82, 2.24) is 4.90 Å². The molecule has 0 aromatic carbocycles. The van der Waals surface area contributed by atoms with Gasteiger partial charge in [-0.15, -0.1) is 0 Å². The van der Waals surface area contributed by atoms with Gasteiger partial charge in [-0.3, -0.25) is 0 Å². The average molecular weight is 468 g/mol. The van der Waals surface area contributed by atoms with Gasteiger partial charge >= 0.3 is 8.56 Å². The first-order valence-electron chi connectivity index (χ1n) is 11.2. The highest BCUT2D eigenvalue weighted by Gasteiger charge is 2.39. The zero-order valence-electron chi connectivity index (χ0n) is 20.7. The number of hydrogen-bond donors (Lipinski definition) is 1. The van der Waals surface area contributed by atoms with E-state index >= 15 is 0 Å². The number of nitrogens with zero attached hydrogens (tertiary/aromatic N) is 1. The number of ether oxygens (including phenoxy) is 2. The summed E-state index contributed by atoms with van der Waals surface area (Å²) in [6, 6.07) is 2.25. The van der Waals surface area contributed by atoms with E-state index < -0.39 is 31.3 Å². The second kappa shape index (κ2) is 14.5. The zero-order chi connectivity index (χ0) is 22.6. The molecule has 0 rings (SSSR count). The molecule has 0 saturated heterocycles. The molecule has 0 saturated carbocycles. The van der Waals surface area contributed by atoms with Gasteiger partial charge in [0.2, 0.25) is 0 Å². The van der Waals surface area contributed by atoms with Gasteiger partial charge in [0, 0.05) is 13.2 Å². The molecule has 0 aliphatic carbocycles. The van der Waals surface area contributed by atoms with Crippen LogP contribution in [0.3, 0.4) is 0 Å². The monoisotopic (exact) mass is 467 g/mol. The summed E-state index contributed by atoms with van der Waals surface area (Å²) in [6.07, 6.45) is 2.86. The topological polar surface area (TPSA) is 60.4 Å². The normalized spacial score (nSPS) is 14.6. The Hall–Kier alpha value is 0.411. The Morgan fingerprint density at radius 2 is 1.28 bits per heavy atom. The second-order valence-electron chi connectivity index (χ2n) is 9.94. The van der Waals surface area contributed by atoms with Gasteiger partial charge in [-0.25, -0.2) is 0 Å². The number of hydrogen-bond acceptors (Lipinski definition) is 6. The minimum Gasteiger partial charge on any atom is -0.437 e. The van der Waals surface area contributed by atoms with Crippen LogP contribution in [0, 0.1) is 0 Å². The van der Waals surface area contributed by atoms with E-state index in [1.807, 2.05) is 14.1 Å². The Bertz CT molecular complexity index is 423. The minimum absolute atomic E-state index is 0.325. The number of rotatable bonds is 18. The van der Waals surface area contributed by atoms with Gasteiger partial charge in [-0.1, -0.05) is 19.8 Å². The van der Waals surface area contributed by atoms with Gasteiger partial charge in [0.25, 0.3) is 0 Å². The molecule has 1 atom stereocenters. The third-order valence-electron chi connectivity index (χ3n) is 4.55. The van der Waals surface area contributed by atoms with Crippen LogP contribution in [-0.4, -0.2) is 88.4 Å². The van der Waals surface area contributed by atoms with E-state index in [0.29, 0.717) is 26.4 Å². The second-order valence-corrected chi connectivity index (χ2v) is 22.4. The van der Waals surface area contributed by atoms with Crippen LogP contribution in [0.5, 0.6) is 0 Å². The van der Waals surface area contributed by atoms with Gasteiger partial charge < -0.3 is 27.7 Å². The van der Waals surface area contributed by atoms with E-state index in [9.17, 15) is 5.11 Å². The molecule has 9 heteroatoms. The molecule has 0 aromatic heterocycles. The smallest absolute Gasteiger partial charge is 0.311 e. The molecule has 0 aromatic rings. The third-order valence-corrected chi connectivity index (χ3v) is 16.0. The largest absolute Gasteiger partial charge is 0.437 e. The van der Waals surface area contributed by atoms with Crippen molar-refractivity contribution in [1.29, 1.82) is 0 Å². The Labute approximate surface area is 183 Å². The lowest BCUT2D eigenvalue weighted by Gasteiger charge is -2.38. The number of aliphatic hydroxyl groups is 1. The predicted molar refractivity (Wildman–Crippen MR) is 130 cm³/mol. The standard InChI is InChI=1S/C20H49NO5Si3/c1-10-11-16-27(4,5)25-29(8,9)26-28(6,7)17-12-14-23-18-20(22)19-24-15-13-21(2)3/h20,22H,10-19H2,1-9H3. The summed E-state index contributed by atoms with van der Waals surface area (Å²) in [5, 5.41) is 9.91. The lowest BCUT2D eigenvalue weighted by Crippen LogP contribution is -2.52. The predicted octanol–water partition coefficient (Wildman–Crippen LogP) is 4.28. The van der Waals surface area contributed by atoms with Crippen molar-refractivity contribution in [3.63, 3.8) is 0 Å². The van der Waals surface area contributed by atoms with Gasteiger partial charge in [-0.05, 0) is 71.9 Å². The van der Waals surface area contributed by atoms with Crippen LogP contribution in [0.2, 0.25) is 51.4 Å². The molecule has 0 spiro atoms. The van der Waals surface area contributed by atoms with Crippen LogP contribution in [0.15, 0.2) is 0 Å².